The molecule has 1 atom stereocenters. The second-order valence-corrected chi connectivity index (χ2v) is 6.62. The summed E-state index contributed by atoms with van der Waals surface area (Å²) in [4.78, 5) is 28.4. The second-order valence-electron chi connectivity index (χ2n) is 6.62. The minimum absolute atomic E-state index is 0.201. The zero-order valence-electron chi connectivity index (χ0n) is 13.4. The van der Waals surface area contributed by atoms with Crippen LogP contribution in [0.5, 0.6) is 0 Å². The van der Waals surface area contributed by atoms with E-state index in [1.54, 1.807) is 6.92 Å². The van der Waals surface area contributed by atoms with Crippen LogP contribution in [0, 0.1) is 5.41 Å². The molecule has 3 rings (SSSR count). The van der Waals surface area contributed by atoms with Crippen molar-refractivity contribution in [3.63, 3.8) is 0 Å². The van der Waals surface area contributed by atoms with Crippen LogP contribution in [0.3, 0.4) is 0 Å². The van der Waals surface area contributed by atoms with Crippen LogP contribution in [0.2, 0.25) is 0 Å². The maximum atomic E-state index is 12.7. The highest BCUT2D eigenvalue weighted by Crippen LogP contribution is 2.64. The predicted octanol–water partition coefficient (Wildman–Crippen LogP) is 1.74. The van der Waals surface area contributed by atoms with Gasteiger partial charge in [-0.1, -0.05) is 5.57 Å². The van der Waals surface area contributed by atoms with Crippen LogP contribution >= 0.6 is 0 Å². The first-order chi connectivity index (χ1) is 10.2. The summed E-state index contributed by atoms with van der Waals surface area (Å²) in [6.45, 7) is 7.24. The molecular formula is C17H21NO4. The summed E-state index contributed by atoms with van der Waals surface area (Å²) in [6, 6.07) is 0. The minimum atomic E-state index is -1.33. The van der Waals surface area contributed by atoms with Crippen molar-refractivity contribution >= 4 is 11.8 Å². The first kappa shape index (κ1) is 15.2. The van der Waals surface area contributed by atoms with Gasteiger partial charge in [0.2, 0.25) is 0 Å². The molecule has 0 amide bonds. The number of Topliss-reactive ketones (excluding diaryl/α,β-unsaturated/α-hetero) is 1. The molecule has 5 nitrogen and oxygen atoms in total. The van der Waals surface area contributed by atoms with Crippen LogP contribution < -0.4 is 5.48 Å². The summed E-state index contributed by atoms with van der Waals surface area (Å²) >= 11 is 0. The number of hydrogen-bond acceptors (Lipinski definition) is 5. The van der Waals surface area contributed by atoms with E-state index < -0.39 is 17.0 Å². The number of nitrogens with one attached hydrogen (secondary N) is 1. The van der Waals surface area contributed by atoms with Crippen molar-refractivity contribution in [2.45, 2.75) is 46.1 Å². The van der Waals surface area contributed by atoms with Crippen LogP contribution in [0.15, 0.2) is 33.9 Å². The fraction of sp³-hybridized carbons (Fsp3) is 0.529. The Labute approximate surface area is 129 Å². The fourth-order valence-electron chi connectivity index (χ4n) is 3.85. The van der Waals surface area contributed by atoms with Crippen molar-refractivity contribution in [2.75, 3.05) is 6.54 Å². The molecule has 1 fully saturated rings. The van der Waals surface area contributed by atoms with Gasteiger partial charge >= 0.3 is 5.97 Å². The monoisotopic (exact) mass is 303 g/mol. The summed E-state index contributed by atoms with van der Waals surface area (Å²) in [5, 5.41) is 10.7. The largest absolute Gasteiger partial charge is 0.381 e. The number of hydroxylamine groups is 1. The Morgan fingerprint density at radius 1 is 1.41 bits per heavy atom. The average molecular weight is 303 g/mol. The highest BCUT2D eigenvalue weighted by molar-refractivity contribution is 6.10. The zero-order valence-corrected chi connectivity index (χ0v) is 13.4. The molecule has 1 spiro atoms. The van der Waals surface area contributed by atoms with E-state index in [9.17, 15) is 14.7 Å². The Hall–Kier alpha value is -1.72. The molecule has 0 aromatic rings. The van der Waals surface area contributed by atoms with Crippen molar-refractivity contribution in [1.29, 1.82) is 0 Å². The normalized spacial score (nSPS) is 29.0. The number of allylic oxidation sites excluding steroid dienone is 2. The minimum Gasteiger partial charge on any atom is -0.381 e. The quantitative estimate of drug-likeness (QED) is 0.777. The molecule has 0 heterocycles. The molecule has 2 N–H and O–H groups in total. The van der Waals surface area contributed by atoms with Crippen molar-refractivity contribution in [1.82, 2.24) is 5.48 Å². The first-order valence-electron chi connectivity index (χ1n) is 7.53. The Morgan fingerprint density at radius 2 is 2.05 bits per heavy atom. The van der Waals surface area contributed by atoms with Gasteiger partial charge in [-0.05, 0) is 56.4 Å². The fourth-order valence-corrected chi connectivity index (χ4v) is 3.85. The summed E-state index contributed by atoms with van der Waals surface area (Å²) < 4.78 is 0. The Bertz CT molecular complexity index is 675. The van der Waals surface area contributed by atoms with E-state index in [0.717, 1.165) is 35.1 Å². The number of hydrogen-bond donors (Lipinski definition) is 2. The molecule has 0 aromatic heterocycles. The van der Waals surface area contributed by atoms with Crippen molar-refractivity contribution < 1.29 is 19.5 Å². The predicted molar refractivity (Wildman–Crippen MR) is 80.5 cm³/mol. The van der Waals surface area contributed by atoms with Crippen molar-refractivity contribution in [2.24, 2.45) is 5.41 Å². The van der Waals surface area contributed by atoms with E-state index in [0.29, 0.717) is 12.1 Å². The third-order valence-electron chi connectivity index (χ3n) is 5.33. The van der Waals surface area contributed by atoms with Crippen molar-refractivity contribution in [3.8, 4) is 0 Å². The number of carbonyl (C=O) groups is 2. The SMILES string of the molecule is CC(=O)ONCC1=C(C)C=C2C(=O)[C@](C)(O)C3(CC3)C(C)=C21. The lowest BCUT2D eigenvalue weighted by molar-refractivity contribution is -0.147. The molecule has 0 aliphatic heterocycles. The van der Waals surface area contributed by atoms with E-state index >= 15 is 0 Å². The topological polar surface area (TPSA) is 75.6 Å². The Morgan fingerprint density at radius 3 is 2.59 bits per heavy atom. The molecule has 118 valence electrons. The lowest BCUT2D eigenvalue weighted by Crippen LogP contribution is -2.49. The van der Waals surface area contributed by atoms with Crippen LogP contribution in [-0.2, 0) is 14.4 Å². The van der Waals surface area contributed by atoms with Gasteiger partial charge in [0.15, 0.2) is 5.78 Å². The van der Waals surface area contributed by atoms with Crippen LogP contribution in [0.4, 0.5) is 0 Å². The third kappa shape index (κ3) is 1.85. The molecule has 0 bridgehead atoms. The summed E-state index contributed by atoms with van der Waals surface area (Å²) in [5.41, 5.74) is 5.39. The molecule has 5 heteroatoms. The van der Waals surface area contributed by atoms with Crippen LogP contribution in [0.25, 0.3) is 0 Å². The summed E-state index contributed by atoms with van der Waals surface area (Å²) in [7, 11) is 0. The molecule has 0 radical (unpaired) electrons. The van der Waals surface area contributed by atoms with Gasteiger partial charge in [0, 0.05) is 17.9 Å². The Kier molecular flexibility index (Phi) is 3.20. The van der Waals surface area contributed by atoms with Gasteiger partial charge in [0.1, 0.15) is 5.60 Å². The lowest BCUT2D eigenvalue weighted by Gasteiger charge is -2.39. The third-order valence-corrected chi connectivity index (χ3v) is 5.33. The van der Waals surface area contributed by atoms with Crippen LogP contribution in [-0.4, -0.2) is 29.0 Å². The van der Waals surface area contributed by atoms with Gasteiger partial charge in [-0.25, -0.2) is 0 Å². The average Bonchev–Trinajstić information content (AvgIpc) is 3.18. The Balaban J connectivity index is 1.99. The molecule has 0 saturated heterocycles. The molecular weight excluding hydrogens is 282 g/mol. The first-order valence-corrected chi connectivity index (χ1v) is 7.53. The van der Waals surface area contributed by atoms with E-state index in [4.69, 9.17) is 4.84 Å². The molecule has 0 unspecified atom stereocenters. The number of rotatable bonds is 3. The van der Waals surface area contributed by atoms with E-state index in [1.807, 2.05) is 19.9 Å². The highest BCUT2D eigenvalue weighted by atomic mass is 16.7. The van der Waals surface area contributed by atoms with Gasteiger partial charge in [-0.3, -0.25) is 9.59 Å². The highest BCUT2D eigenvalue weighted by Gasteiger charge is 2.64. The number of fused-ring (bicyclic) bond motifs is 1. The maximum Gasteiger partial charge on any atom is 0.321 e. The van der Waals surface area contributed by atoms with Crippen LogP contribution in [0.1, 0.15) is 40.5 Å². The number of ketones is 1. The number of aliphatic hydroxyl groups is 1. The maximum absolute atomic E-state index is 12.7. The number of carbonyl (C=O) groups excluding carboxylic acids is 2. The smallest absolute Gasteiger partial charge is 0.321 e. The zero-order chi connectivity index (χ0) is 16.3. The molecule has 22 heavy (non-hydrogen) atoms. The lowest BCUT2D eigenvalue weighted by atomic mass is 9.67. The standard InChI is InChI=1S/C17H21NO4/c1-9-7-12-14(13(9)8-18-22-11(3)19)10(2)17(5-6-17)16(4,21)15(12)20/h7,18,21H,5-6,8H2,1-4H3/t16-/m0/s1. The molecule has 0 aromatic carbocycles. The van der Waals surface area contributed by atoms with Gasteiger partial charge in [-0.2, -0.15) is 0 Å². The summed E-state index contributed by atoms with van der Waals surface area (Å²) in [5.74, 6) is -0.608. The van der Waals surface area contributed by atoms with E-state index in [2.05, 4.69) is 5.48 Å². The molecule has 1 saturated carbocycles. The molecule has 3 aliphatic rings. The second kappa shape index (κ2) is 4.64. The van der Waals surface area contributed by atoms with E-state index in [1.165, 1.54) is 6.92 Å². The van der Waals surface area contributed by atoms with Gasteiger partial charge in [0.05, 0.1) is 6.54 Å². The van der Waals surface area contributed by atoms with Gasteiger partial charge in [-0.15, -0.1) is 5.48 Å². The summed E-state index contributed by atoms with van der Waals surface area (Å²) in [6.07, 6.45) is 3.49. The molecule has 3 aliphatic carbocycles. The van der Waals surface area contributed by atoms with Gasteiger partial charge in [0.25, 0.3) is 0 Å². The van der Waals surface area contributed by atoms with Crippen molar-refractivity contribution in [3.05, 3.63) is 33.9 Å². The van der Waals surface area contributed by atoms with E-state index in [-0.39, 0.29) is 5.78 Å². The van der Waals surface area contributed by atoms with Gasteiger partial charge < -0.3 is 9.94 Å².